The zero-order chi connectivity index (χ0) is 17.1. The van der Waals surface area contributed by atoms with Crippen LogP contribution >= 0.6 is 0 Å². The van der Waals surface area contributed by atoms with Crippen LogP contribution < -0.4 is 10.3 Å². The maximum Gasteiger partial charge on any atom is 0.252 e. The molecule has 0 aliphatic rings. The number of aromatic amines is 1. The second-order valence-electron chi connectivity index (χ2n) is 5.92. The Morgan fingerprint density at radius 2 is 2.08 bits per heavy atom. The van der Waals surface area contributed by atoms with Crippen molar-refractivity contribution >= 4 is 10.9 Å². The van der Waals surface area contributed by atoms with E-state index in [2.05, 4.69) is 21.8 Å². The van der Waals surface area contributed by atoms with E-state index in [1.807, 2.05) is 49.5 Å². The molecule has 1 aromatic carbocycles. The van der Waals surface area contributed by atoms with Gasteiger partial charge in [-0.1, -0.05) is 6.07 Å². The first-order valence-electron chi connectivity index (χ1n) is 7.89. The molecule has 5 nitrogen and oxygen atoms in total. The van der Waals surface area contributed by atoms with Crippen LogP contribution in [0, 0.1) is 0 Å². The molecule has 0 saturated heterocycles. The third kappa shape index (κ3) is 3.31. The van der Waals surface area contributed by atoms with Gasteiger partial charge in [0, 0.05) is 35.2 Å². The minimum atomic E-state index is -0.0623. The van der Waals surface area contributed by atoms with E-state index in [4.69, 9.17) is 4.74 Å². The summed E-state index contributed by atoms with van der Waals surface area (Å²) in [6.45, 7) is 2.63. The molecule has 1 N–H and O–H groups in total. The SMILES string of the molecule is COc1ccc2[nH]c(=O)c(CN(C)[C@@H](C)c3ccccn3)cc2c1. The topological polar surface area (TPSA) is 58.2 Å². The van der Waals surface area contributed by atoms with E-state index in [1.165, 1.54) is 0 Å². The van der Waals surface area contributed by atoms with Gasteiger partial charge < -0.3 is 9.72 Å². The number of hydrogen-bond acceptors (Lipinski definition) is 4. The molecule has 0 amide bonds. The predicted octanol–water partition coefficient (Wildman–Crippen LogP) is 3.12. The highest BCUT2D eigenvalue weighted by molar-refractivity contribution is 5.80. The van der Waals surface area contributed by atoms with E-state index in [0.717, 1.165) is 27.9 Å². The van der Waals surface area contributed by atoms with Crippen LogP contribution in [0.2, 0.25) is 0 Å². The lowest BCUT2D eigenvalue weighted by Gasteiger charge is -2.24. The second-order valence-corrected chi connectivity index (χ2v) is 5.92. The number of H-pyrrole nitrogens is 1. The molecule has 2 heterocycles. The van der Waals surface area contributed by atoms with Crippen LogP contribution in [0.4, 0.5) is 0 Å². The fourth-order valence-electron chi connectivity index (χ4n) is 2.73. The Hall–Kier alpha value is -2.66. The Kier molecular flexibility index (Phi) is 4.62. The molecule has 0 bridgehead atoms. The highest BCUT2D eigenvalue weighted by Gasteiger charge is 2.15. The summed E-state index contributed by atoms with van der Waals surface area (Å²) in [5, 5.41) is 0.961. The molecule has 5 heteroatoms. The van der Waals surface area contributed by atoms with Crippen molar-refractivity contribution in [3.8, 4) is 5.75 Å². The standard InChI is InChI=1S/C19H21N3O2/c1-13(17-6-4-5-9-20-17)22(2)12-15-10-14-11-16(24-3)7-8-18(14)21-19(15)23/h4-11,13H,12H2,1-3H3,(H,21,23)/t13-/m0/s1. The first-order chi connectivity index (χ1) is 11.6. The van der Waals surface area contributed by atoms with Crippen LogP contribution in [0.25, 0.3) is 10.9 Å². The second kappa shape index (κ2) is 6.84. The van der Waals surface area contributed by atoms with Crippen molar-refractivity contribution in [2.45, 2.75) is 19.5 Å². The molecule has 0 radical (unpaired) electrons. The smallest absolute Gasteiger partial charge is 0.252 e. The minimum absolute atomic E-state index is 0.0623. The molecule has 3 aromatic rings. The van der Waals surface area contributed by atoms with Crippen molar-refractivity contribution < 1.29 is 4.74 Å². The number of rotatable bonds is 5. The van der Waals surface area contributed by atoms with E-state index >= 15 is 0 Å². The van der Waals surface area contributed by atoms with E-state index < -0.39 is 0 Å². The van der Waals surface area contributed by atoms with Crippen molar-refractivity contribution in [3.63, 3.8) is 0 Å². The number of pyridine rings is 2. The molecule has 2 aromatic heterocycles. The lowest BCUT2D eigenvalue weighted by molar-refractivity contribution is 0.248. The van der Waals surface area contributed by atoms with E-state index in [9.17, 15) is 4.79 Å². The molecular formula is C19H21N3O2. The Labute approximate surface area is 140 Å². The number of ether oxygens (including phenoxy) is 1. The zero-order valence-electron chi connectivity index (χ0n) is 14.1. The van der Waals surface area contributed by atoms with Gasteiger partial charge in [-0.2, -0.15) is 0 Å². The number of nitrogens with zero attached hydrogens (tertiary/aromatic N) is 2. The number of aromatic nitrogens is 2. The summed E-state index contributed by atoms with van der Waals surface area (Å²) in [4.78, 5) is 21.8. The summed E-state index contributed by atoms with van der Waals surface area (Å²) in [6.07, 6.45) is 1.79. The van der Waals surface area contributed by atoms with Gasteiger partial charge in [0.2, 0.25) is 0 Å². The summed E-state index contributed by atoms with van der Waals surface area (Å²) in [6, 6.07) is 13.5. The van der Waals surface area contributed by atoms with Crippen LogP contribution in [0.1, 0.15) is 24.2 Å². The lowest BCUT2D eigenvalue weighted by atomic mass is 10.1. The minimum Gasteiger partial charge on any atom is -0.497 e. The van der Waals surface area contributed by atoms with Gasteiger partial charge in [0.25, 0.3) is 5.56 Å². The molecular weight excluding hydrogens is 302 g/mol. The van der Waals surface area contributed by atoms with E-state index in [1.54, 1.807) is 13.3 Å². The maximum atomic E-state index is 12.4. The molecule has 3 rings (SSSR count). The molecule has 124 valence electrons. The fraction of sp³-hybridized carbons (Fsp3) is 0.263. The average Bonchev–Trinajstić information content (AvgIpc) is 2.62. The molecule has 1 atom stereocenters. The Morgan fingerprint density at radius 1 is 1.25 bits per heavy atom. The molecule has 24 heavy (non-hydrogen) atoms. The number of hydrogen-bond donors (Lipinski definition) is 1. The molecule has 0 spiro atoms. The third-order valence-electron chi connectivity index (χ3n) is 4.33. The van der Waals surface area contributed by atoms with Gasteiger partial charge in [0.15, 0.2) is 0 Å². The van der Waals surface area contributed by atoms with Crippen molar-refractivity contribution in [2.75, 3.05) is 14.2 Å². The van der Waals surface area contributed by atoms with Gasteiger partial charge in [-0.15, -0.1) is 0 Å². The molecule has 0 aliphatic heterocycles. The van der Waals surface area contributed by atoms with Crippen molar-refractivity contribution in [1.29, 1.82) is 0 Å². The number of benzene rings is 1. The fourth-order valence-corrected chi connectivity index (χ4v) is 2.73. The van der Waals surface area contributed by atoms with Crippen LogP contribution in [-0.4, -0.2) is 29.0 Å². The van der Waals surface area contributed by atoms with Crippen molar-refractivity contribution in [1.82, 2.24) is 14.9 Å². The predicted molar refractivity (Wildman–Crippen MR) is 95.2 cm³/mol. The van der Waals surface area contributed by atoms with Crippen LogP contribution in [-0.2, 0) is 6.54 Å². The van der Waals surface area contributed by atoms with Crippen LogP contribution in [0.5, 0.6) is 5.75 Å². The Morgan fingerprint density at radius 3 is 2.79 bits per heavy atom. The molecule has 0 fully saturated rings. The highest BCUT2D eigenvalue weighted by Crippen LogP contribution is 2.21. The summed E-state index contributed by atoms with van der Waals surface area (Å²) in [7, 11) is 3.63. The summed E-state index contributed by atoms with van der Waals surface area (Å²) in [5.74, 6) is 0.774. The summed E-state index contributed by atoms with van der Waals surface area (Å²) in [5.41, 5.74) is 2.46. The lowest BCUT2D eigenvalue weighted by Crippen LogP contribution is -2.26. The van der Waals surface area contributed by atoms with Gasteiger partial charge in [-0.3, -0.25) is 14.7 Å². The first-order valence-corrected chi connectivity index (χ1v) is 7.89. The summed E-state index contributed by atoms with van der Waals surface area (Å²) < 4.78 is 5.26. The van der Waals surface area contributed by atoms with Gasteiger partial charge in [0.05, 0.1) is 12.8 Å². The van der Waals surface area contributed by atoms with E-state index in [-0.39, 0.29) is 11.6 Å². The highest BCUT2D eigenvalue weighted by atomic mass is 16.5. The molecule has 0 unspecified atom stereocenters. The van der Waals surface area contributed by atoms with Crippen LogP contribution in [0.3, 0.4) is 0 Å². The maximum absolute atomic E-state index is 12.4. The number of nitrogens with one attached hydrogen (secondary N) is 1. The van der Waals surface area contributed by atoms with Gasteiger partial charge in [-0.05, 0) is 50.4 Å². The largest absolute Gasteiger partial charge is 0.497 e. The Balaban J connectivity index is 1.88. The van der Waals surface area contributed by atoms with Gasteiger partial charge in [-0.25, -0.2) is 0 Å². The molecule has 0 saturated carbocycles. The Bertz CT molecular complexity index is 890. The monoisotopic (exact) mass is 323 g/mol. The van der Waals surface area contributed by atoms with Crippen LogP contribution in [0.15, 0.2) is 53.5 Å². The van der Waals surface area contributed by atoms with Crippen molar-refractivity contribution in [2.24, 2.45) is 0 Å². The first kappa shape index (κ1) is 16.2. The average molecular weight is 323 g/mol. The summed E-state index contributed by atoms with van der Waals surface area (Å²) >= 11 is 0. The number of fused-ring (bicyclic) bond motifs is 1. The zero-order valence-corrected chi connectivity index (χ0v) is 14.1. The van der Waals surface area contributed by atoms with E-state index in [0.29, 0.717) is 6.54 Å². The quantitative estimate of drug-likeness (QED) is 0.784. The number of methoxy groups -OCH3 is 1. The third-order valence-corrected chi connectivity index (χ3v) is 4.33. The van der Waals surface area contributed by atoms with Gasteiger partial charge >= 0.3 is 0 Å². The van der Waals surface area contributed by atoms with Crippen molar-refractivity contribution in [3.05, 3.63) is 70.3 Å². The normalized spacial score (nSPS) is 12.5. The molecule has 0 aliphatic carbocycles. The van der Waals surface area contributed by atoms with Gasteiger partial charge in [0.1, 0.15) is 5.75 Å².